The summed E-state index contributed by atoms with van der Waals surface area (Å²) in [6.45, 7) is 7.65. The van der Waals surface area contributed by atoms with E-state index in [0.717, 1.165) is 12.5 Å². The first-order valence-electron chi connectivity index (χ1n) is 4.59. The lowest BCUT2D eigenvalue weighted by Crippen LogP contribution is -2.24. The highest BCUT2D eigenvalue weighted by molar-refractivity contribution is 5.07. The van der Waals surface area contributed by atoms with Gasteiger partial charge < -0.3 is 5.32 Å². The standard InChI is InChI=1S/C10H19N/c1-8(2)11-7-9(3)6-10-4-5-10/h6,8,10-11H,4-5,7H2,1-3H3. The van der Waals surface area contributed by atoms with Gasteiger partial charge in [-0.2, -0.15) is 0 Å². The van der Waals surface area contributed by atoms with Crippen LogP contribution in [0.15, 0.2) is 11.6 Å². The lowest BCUT2D eigenvalue weighted by molar-refractivity contribution is 0.620. The second-order valence-corrected chi connectivity index (χ2v) is 3.89. The molecule has 64 valence electrons. The molecule has 1 rings (SSSR count). The fourth-order valence-electron chi connectivity index (χ4n) is 1.09. The first kappa shape index (κ1) is 8.79. The molecule has 0 atom stereocenters. The maximum Gasteiger partial charge on any atom is 0.0164 e. The molecule has 0 bridgehead atoms. The van der Waals surface area contributed by atoms with Gasteiger partial charge in [0.2, 0.25) is 0 Å². The van der Waals surface area contributed by atoms with Gasteiger partial charge in [-0.05, 0) is 25.7 Å². The van der Waals surface area contributed by atoms with Crippen LogP contribution in [0.4, 0.5) is 0 Å². The summed E-state index contributed by atoms with van der Waals surface area (Å²) < 4.78 is 0. The Morgan fingerprint density at radius 3 is 2.64 bits per heavy atom. The van der Waals surface area contributed by atoms with E-state index in [2.05, 4.69) is 32.2 Å². The Kier molecular flexibility index (Phi) is 3.13. The minimum Gasteiger partial charge on any atom is -0.311 e. The summed E-state index contributed by atoms with van der Waals surface area (Å²) in [5.41, 5.74) is 1.50. The maximum atomic E-state index is 3.41. The molecule has 1 N–H and O–H groups in total. The largest absolute Gasteiger partial charge is 0.311 e. The third kappa shape index (κ3) is 4.20. The molecule has 0 aliphatic heterocycles. The van der Waals surface area contributed by atoms with E-state index in [-0.39, 0.29) is 0 Å². The van der Waals surface area contributed by atoms with Crippen LogP contribution in [0.1, 0.15) is 33.6 Å². The molecule has 1 heteroatoms. The molecule has 1 aliphatic rings. The fraction of sp³-hybridized carbons (Fsp3) is 0.800. The van der Waals surface area contributed by atoms with Crippen molar-refractivity contribution in [1.82, 2.24) is 5.32 Å². The molecule has 0 aromatic rings. The SMILES string of the molecule is CC(=CC1CC1)CNC(C)C. The van der Waals surface area contributed by atoms with Gasteiger partial charge in [0.05, 0.1) is 0 Å². The van der Waals surface area contributed by atoms with Gasteiger partial charge in [0.25, 0.3) is 0 Å². The van der Waals surface area contributed by atoms with E-state index in [1.807, 2.05) is 0 Å². The molecule has 0 unspecified atom stereocenters. The van der Waals surface area contributed by atoms with Gasteiger partial charge in [0.15, 0.2) is 0 Å². The van der Waals surface area contributed by atoms with Crippen molar-refractivity contribution >= 4 is 0 Å². The summed E-state index contributed by atoms with van der Waals surface area (Å²) in [6, 6.07) is 0.609. The molecule has 0 spiro atoms. The summed E-state index contributed by atoms with van der Waals surface area (Å²) in [4.78, 5) is 0. The van der Waals surface area contributed by atoms with Crippen LogP contribution in [0, 0.1) is 5.92 Å². The molecule has 0 heterocycles. The first-order chi connectivity index (χ1) is 5.18. The zero-order valence-corrected chi connectivity index (χ0v) is 7.85. The highest BCUT2D eigenvalue weighted by Crippen LogP contribution is 2.31. The van der Waals surface area contributed by atoms with E-state index < -0.39 is 0 Å². The molecule has 0 radical (unpaired) electrons. The average molecular weight is 153 g/mol. The summed E-state index contributed by atoms with van der Waals surface area (Å²) in [7, 11) is 0. The summed E-state index contributed by atoms with van der Waals surface area (Å²) in [6.07, 6.45) is 5.24. The Morgan fingerprint density at radius 1 is 1.55 bits per heavy atom. The zero-order valence-electron chi connectivity index (χ0n) is 7.85. The molecule has 1 aliphatic carbocycles. The Hall–Kier alpha value is -0.300. The topological polar surface area (TPSA) is 12.0 Å². The second kappa shape index (κ2) is 3.91. The lowest BCUT2D eigenvalue weighted by atomic mass is 10.2. The van der Waals surface area contributed by atoms with Crippen LogP contribution in [-0.2, 0) is 0 Å². The molecule has 0 saturated heterocycles. The van der Waals surface area contributed by atoms with Gasteiger partial charge in [-0.15, -0.1) is 0 Å². The monoisotopic (exact) mass is 153 g/mol. The van der Waals surface area contributed by atoms with Crippen molar-refractivity contribution in [2.75, 3.05) is 6.54 Å². The van der Waals surface area contributed by atoms with E-state index in [9.17, 15) is 0 Å². The van der Waals surface area contributed by atoms with E-state index in [0.29, 0.717) is 6.04 Å². The molecular formula is C10H19N. The van der Waals surface area contributed by atoms with Crippen LogP contribution in [0.25, 0.3) is 0 Å². The van der Waals surface area contributed by atoms with Gasteiger partial charge >= 0.3 is 0 Å². The summed E-state index contributed by atoms with van der Waals surface area (Å²) in [5, 5.41) is 3.41. The van der Waals surface area contributed by atoms with Crippen molar-refractivity contribution < 1.29 is 0 Å². The van der Waals surface area contributed by atoms with Crippen molar-refractivity contribution in [3.63, 3.8) is 0 Å². The normalized spacial score (nSPS) is 19.5. The molecular weight excluding hydrogens is 134 g/mol. The van der Waals surface area contributed by atoms with Crippen molar-refractivity contribution in [2.45, 2.75) is 39.7 Å². The number of hydrogen-bond donors (Lipinski definition) is 1. The number of hydrogen-bond acceptors (Lipinski definition) is 1. The van der Waals surface area contributed by atoms with Crippen molar-refractivity contribution in [2.24, 2.45) is 5.92 Å². The smallest absolute Gasteiger partial charge is 0.0164 e. The predicted molar refractivity (Wildman–Crippen MR) is 49.6 cm³/mol. The molecule has 0 amide bonds. The van der Waals surface area contributed by atoms with E-state index in [4.69, 9.17) is 0 Å². The number of allylic oxidation sites excluding steroid dienone is 1. The quantitative estimate of drug-likeness (QED) is 0.611. The number of rotatable bonds is 4. The highest BCUT2D eigenvalue weighted by atomic mass is 14.9. The van der Waals surface area contributed by atoms with Gasteiger partial charge in [0, 0.05) is 12.6 Å². The van der Waals surface area contributed by atoms with E-state index in [1.165, 1.54) is 18.4 Å². The average Bonchev–Trinajstić information content (AvgIpc) is 2.67. The third-order valence-corrected chi connectivity index (χ3v) is 1.93. The minimum atomic E-state index is 0.609. The van der Waals surface area contributed by atoms with E-state index in [1.54, 1.807) is 0 Å². The van der Waals surface area contributed by atoms with Gasteiger partial charge in [-0.1, -0.05) is 25.5 Å². The van der Waals surface area contributed by atoms with Gasteiger partial charge in [-0.3, -0.25) is 0 Å². The van der Waals surface area contributed by atoms with Crippen molar-refractivity contribution in [3.05, 3.63) is 11.6 Å². The summed E-state index contributed by atoms with van der Waals surface area (Å²) in [5.74, 6) is 0.920. The predicted octanol–water partition coefficient (Wildman–Crippen LogP) is 2.34. The maximum absolute atomic E-state index is 3.41. The van der Waals surface area contributed by atoms with Crippen LogP contribution >= 0.6 is 0 Å². The van der Waals surface area contributed by atoms with Crippen LogP contribution in [0.5, 0.6) is 0 Å². The molecule has 1 fully saturated rings. The summed E-state index contributed by atoms with van der Waals surface area (Å²) >= 11 is 0. The Morgan fingerprint density at radius 2 is 2.18 bits per heavy atom. The first-order valence-corrected chi connectivity index (χ1v) is 4.59. The lowest BCUT2D eigenvalue weighted by Gasteiger charge is -2.07. The molecule has 0 aromatic carbocycles. The van der Waals surface area contributed by atoms with Crippen LogP contribution in [0.2, 0.25) is 0 Å². The Bertz CT molecular complexity index is 143. The van der Waals surface area contributed by atoms with Gasteiger partial charge in [-0.25, -0.2) is 0 Å². The Labute approximate surface area is 69.9 Å². The number of nitrogens with one attached hydrogen (secondary N) is 1. The zero-order chi connectivity index (χ0) is 8.27. The van der Waals surface area contributed by atoms with Crippen molar-refractivity contribution in [1.29, 1.82) is 0 Å². The van der Waals surface area contributed by atoms with Crippen LogP contribution in [0.3, 0.4) is 0 Å². The molecule has 1 nitrogen and oxygen atoms in total. The van der Waals surface area contributed by atoms with Gasteiger partial charge in [0.1, 0.15) is 0 Å². The van der Waals surface area contributed by atoms with Crippen LogP contribution in [-0.4, -0.2) is 12.6 Å². The molecule has 1 saturated carbocycles. The third-order valence-electron chi connectivity index (χ3n) is 1.93. The van der Waals surface area contributed by atoms with E-state index >= 15 is 0 Å². The minimum absolute atomic E-state index is 0.609. The molecule has 11 heavy (non-hydrogen) atoms. The molecule has 0 aromatic heterocycles. The fourth-order valence-corrected chi connectivity index (χ4v) is 1.09. The second-order valence-electron chi connectivity index (χ2n) is 3.89. The highest BCUT2D eigenvalue weighted by Gasteiger charge is 2.17. The van der Waals surface area contributed by atoms with Crippen LogP contribution < -0.4 is 5.32 Å². The Balaban J connectivity index is 2.13. The van der Waals surface area contributed by atoms with Crippen molar-refractivity contribution in [3.8, 4) is 0 Å².